The molecule has 0 bridgehead atoms. The van der Waals surface area contributed by atoms with Crippen LogP contribution in [0.15, 0.2) is 24.3 Å². The van der Waals surface area contributed by atoms with Crippen molar-refractivity contribution in [2.45, 2.75) is 51.3 Å². The average Bonchev–Trinajstić information content (AvgIpc) is 3.37. The largest absolute Gasteiger partial charge is 0.444 e. The summed E-state index contributed by atoms with van der Waals surface area (Å²) in [7, 11) is 0. The van der Waals surface area contributed by atoms with Crippen molar-refractivity contribution in [3.05, 3.63) is 29.8 Å². The van der Waals surface area contributed by atoms with Gasteiger partial charge in [0.05, 0.1) is 5.88 Å². The third kappa shape index (κ3) is 3.81. The van der Waals surface area contributed by atoms with Crippen LogP contribution in [0, 0.1) is 0 Å². The van der Waals surface area contributed by atoms with Crippen LogP contribution in [-0.4, -0.2) is 70.7 Å². The van der Waals surface area contributed by atoms with E-state index >= 15 is 0 Å². The van der Waals surface area contributed by atoms with Gasteiger partial charge >= 0.3 is 6.09 Å². The number of hydrogen-bond donors (Lipinski definition) is 0. The first-order valence-electron chi connectivity index (χ1n) is 10.0. The lowest BCUT2D eigenvalue weighted by atomic mass is 10.1. The lowest BCUT2D eigenvalue weighted by Crippen LogP contribution is -2.48. The molecule has 4 rings (SSSR count). The quantitative estimate of drug-likeness (QED) is 0.760. The summed E-state index contributed by atoms with van der Waals surface area (Å²) in [4.78, 5) is 32.0. The predicted octanol–water partition coefficient (Wildman–Crippen LogP) is 2.96. The van der Waals surface area contributed by atoms with Crippen molar-refractivity contribution < 1.29 is 14.3 Å². The van der Waals surface area contributed by atoms with Gasteiger partial charge in [0.2, 0.25) is 5.91 Å². The summed E-state index contributed by atoms with van der Waals surface area (Å²) in [6.07, 6.45) is 1.29. The maximum Gasteiger partial charge on any atom is 0.411 e. The minimum atomic E-state index is -0.577. The Balaban J connectivity index is 1.56. The summed E-state index contributed by atoms with van der Waals surface area (Å²) >= 11 is 1.77. The highest BCUT2D eigenvalue weighted by Gasteiger charge is 2.46. The number of nitrogens with zero attached hydrogens (tertiary/aromatic N) is 3. The van der Waals surface area contributed by atoms with Crippen molar-refractivity contribution in [3.8, 4) is 0 Å². The maximum absolute atomic E-state index is 13.2. The number of likely N-dealkylation sites (tertiary alicyclic amines) is 1. The molecule has 2 atom stereocenters. The van der Waals surface area contributed by atoms with E-state index in [1.54, 1.807) is 16.7 Å². The van der Waals surface area contributed by atoms with E-state index in [0.717, 1.165) is 25.3 Å². The number of rotatable bonds is 2. The van der Waals surface area contributed by atoms with E-state index in [4.69, 9.17) is 4.74 Å². The van der Waals surface area contributed by atoms with Crippen LogP contribution in [0.25, 0.3) is 0 Å². The Hall–Kier alpha value is -1.89. The van der Waals surface area contributed by atoms with Gasteiger partial charge in [0.1, 0.15) is 11.6 Å². The zero-order valence-corrected chi connectivity index (χ0v) is 17.7. The topological polar surface area (TPSA) is 53.1 Å². The molecular formula is C21H29N3O3S. The van der Waals surface area contributed by atoms with Gasteiger partial charge in [0.15, 0.2) is 0 Å². The summed E-state index contributed by atoms with van der Waals surface area (Å²) in [5.74, 6) is 1.74. The molecule has 152 valence electrons. The normalized spacial score (nSPS) is 24.6. The van der Waals surface area contributed by atoms with Crippen LogP contribution in [0.3, 0.4) is 0 Å². The number of amides is 2. The van der Waals surface area contributed by atoms with E-state index in [1.807, 2.05) is 25.7 Å². The zero-order valence-electron chi connectivity index (χ0n) is 16.9. The number of fused-ring (bicyclic) bond motifs is 1. The number of ether oxygens (including phenoxy) is 1. The fourth-order valence-corrected chi connectivity index (χ4v) is 5.29. The second kappa shape index (κ2) is 7.50. The van der Waals surface area contributed by atoms with E-state index in [2.05, 4.69) is 29.2 Å². The third-order valence-corrected chi connectivity index (χ3v) is 6.59. The number of para-hydroxylation sites is 1. The lowest BCUT2D eigenvalue weighted by Gasteiger charge is -2.30. The molecule has 1 aromatic rings. The Morgan fingerprint density at radius 1 is 1.18 bits per heavy atom. The monoisotopic (exact) mass is 403 g/mol. The molecular weight excluding hydrogens is 374 g/mol. The van der Waals surface area contributed by atoms with Gasteiger partial charge in [-0.25, -0.2) is 4.79 Å². The van der Waals surface area contributed by atoms with Crippen LogP contribution in [0.4, 0.5) is 10.5 Å². The number of carbonyl (C=O) groups excluding carboxylic acids is 2. The molecule has 3 aliphatic rings. The summed E-state index contributed by atoms with van der Waals surface area (Å²) in [6, 6.07) is 8.14. The Bertz CT molecular complexity index is 758. The van der Waals surface area contributed by atoms with Gasteiger partial charge in [-0.2, -0.15) is 0 Å². The number of hydrogen-bond acceptors (Lipinski definition) is 5. The standard InChI is InChI=1S/C21H29N3O3S/c1-21(2,3)27-20(26)24-13-16(12-18(24)19(25)22-10-11-28-14-22)23-9-8-15-6-4-5-7-17(15)23/h4-7,16,18H,8-14H2,1-3H3/t16-,18-/m0/s1. The number of anilines is 1. The predicted molar refractivity (Wildman–Crippen MR) is 112 cm³/mol. The summed E-state index contributed by atoms with van der Waals surface area (Å²) in [5, 5.41) is 0. The summed E-state index contributed by atoms with van der Waals surface area (Å²) in [6.45, 7) is 7.82. The zero-order chi connectivity index (χ0) is 19.9. The molecule has 6 nitrogen and oxygen atoms in total. The van der Waals surface area contributed by atoms with Crippen molar-refractivity contribution in [1.29, 1.82) is 0 Å². The average molecular weight is 404 g/mol. The van der Waals surface area contributed by atoms with E-state index in [-0.39, 0.29) is 18.0 Å². The van der Waals surface area contributed by atoms with Crippen LogP contribution >= 0.6 is 11.8 Å². The molecule has 2 fully saturated rings. The lowest BCUT2D eigenvalue weighted by molar-refractivity contribution is -0.134. The van der Waals surface area contributed by atoms with Crippen molar-refractivity contribution >= 4 is 29.4 Å². The molecule has 1 aromatic carbocycles. The minimum Gasteiger partial charge on any atom is -0.444 e. The fourth-order valence-electron chi connectivity index (χ4n) is 4.34. The third-order valence-electron chi connectivity index (χ3n) is 5.62. The molecule has 0 unspecified atom stereocenters. The second-order valence-corrected chi connectivity index (χ2v) is 9.82. The summed E-state index contributed by atoms with van der Waals surface area (Å²) in [5.41, 5.74) is 2.01. The van der Waals surface area contributed by atoms with Crippen LogP contribution in [0.1, 0.15) is 32.8 Å². The van der Waals surface area contributed by atoms with Crippen LogP contribution < -0.4 is 4.90 Å². The molecule has 7 heteroatoms. The van der Waals surface area contributed by atoms with Gasteiger partial charge < -0.3 is 14.5 Å². The molecule has 0 radical (unpaired) electrons. The number of thioether (sulfide) groups is 1. The molecule has 0 spiro atoms. The van der Waals surface area contributed by atoms with Crippen LogP contribution in [0.2, 0.25) is 0 Å². The SMILES string of the molecule is CC(C)(C)OC(=O)N1C[C@@H](N2CCc3ccccc32)C[C@H]1C(=O)N1CCSC1. The van der Waals surface area contributed by atoms with Gasteiger partial charge in [0.25, 0.3) is 0 Å². The van der Waals surface area contributed by atoms with Gasteiger partial charge in [0, 0.05) is 37.1 Å². The first-order chi connectivity index (χ1) is 13.3. The van der Waals surface area contributed by atoms with Crippen molar-refractivity contribution in [1.82, 2.24) is 9.80 Å². The van der Waals surface area contributed by atoms with E-state index in [1.165, 1.54) is 11.3 Å². The fraction of sp³-hybridized carbons (Fsp3) is 0.619. The van der Waals surface area contributed by atoms with Crippen LogP contribution in [-0.2, 0) is 16.0 Å². The molecule has 0 saturated carbocycles. The van der Waals surface area contributed by atoms with Crippen molar-refractivity contribution in [2.75, 3.05) is 36.2 Å². The highest BCUT2D eigenvalue weighted by Crippen LogP contribution is 2.35. The minimum absolute atomic E-state index is 0.0610. The van der Waals surface area contributed by atoms with Crippen LogP contribution in [0.5, 0.6) is 0 Å². The van der Waals surface area contributed by atoms with Crippen molar-refractivity contribution in [3.63, 3.8) is 0 Å². The molecule has 0 N–H and O–H groups in total. The van der Waals surface area contributed by atoms with E-state index in [0.29, 0.717) is 18.8 Å². The van der Waals surface area contributed by atoms with Gasteiger partial charge in [-0.05, 0) is 45.2 Å². The number of benzene rings is 1. The van der Waals surface area contributed by atoms with Crippen molar-refractivity contribution in [2.24, 2.45) is 0 Å². The Morgan fingerprint density at radius 2 is 1.96 bits per heavy atom. The van der Waals surface area contributed by atoms with E-state index < -0.39 is 11.6 Å². The van der Waals surface area contributed by atoms with Gasteiger partial charge in [-0.15, -0.1) is 11.8 Å². The first-order valence-corrected chi connectivity index (χ1v) is 11.2. The molecule has 2 amide bonds. The molecule has 0 aliphatic carbocycles. The Kier molecular flexibility index (Phi) is 5.21. The maximum atomic E-state index is 13.2. The Morgan fingerprint density at radius 3 is 2.68 bits per heavy atom. The number of carbonyl (C=O) groups is 2. The highest BCUT2D eigenvalue weighted by molar-refractivity contribution is 7.99. The van der Waals surface area contributed by atoms with Gasteiger partial charge in [-0.1, -0.05) is 18.2 Å². The van der Waals surface area contributed by atoms with Gasteiger partial charge in [-0.3, -0.25) is 9.69 Å². The molecule has 28 heavy (non-hydrogen) atoms. The smallest absolute Gasteiger partial charge is 0.411 e. The highest BCUT2D eigenvalue weighted by atomic mass is 32.2. The second-order valence-electron chi connectivity index (χ2n) is 8.75. The molecule has 2 saturated heterocycles. The summed E-state index contributed by atoms with van der Waals surface area (Å²) < 4.78 is 5.64. The molecule has 3 heterocycles. The Labute approximate surface area is 171 Å². The molecule has 3 aliphatic heterocycles. The van der Waals surface area contributed by atoms with E-state index in [9.17, 15) is 9.59 Å². The first kappa shape index (κ1) is 19.4. The molecule has 0 aromatic heterocycles.